The smallest absolute Gasteiger partial charge is 0.274 e. The molecule has 1 aliphatic rings. The first-order valence-corrected chi connectivity index (χ1v) is 6.81. The van der Waals surface area contributed by atoms with Crippen LogP contribution in [0.5, 0.6) is 0 Å². The number of aromatic nitrogens is 1. The van der Waals surface area contributed by atoms with Crippen LogP contribution in [-0.2, 0) is 11.3 Å². The quantitative estimate of drug-likeness (QED) is 0.799. The van der Waals surface area contributed by atoms with E-state index in [1.54, 1.807) is 36.8 Å². The highest BCUT2D eigenvalue weighted by atomic mass is 16.2. The van der Waals surface area contributed by atoms with Gasteiger partial charge in [-0.25, -0.2) is 14.7 Å². The Labute approximate surface area is 127 Å². The summed E-state index contributed by atoms with van der Waals surface area (Å²) in [5, 5.41) is 5.47. The molecule has 1 aromatic heterocycles. The number of urea groups is 1. The van der Waals surface area contributed by atoms with Crippen molar-refractivity contribution in [2.75, 3.05) is 4.90 Å². The molecule has 110 valence electrons. The molecule has 0 aliphatic carbocycles. The summed E-state index contributed by atoms with van der Waals surface area (Å²) in [6.07, 6.45) is 4.86. The first-order valence-electron chi connectivity index (χ1n) is 6.81. The Morgan fingerprint density at radius 2 is 2.09 bits per heavy atom. The Kier molecular flexibility index (Phi) is 3.65. The van der Waals surface area contributed by atoms with Gasteiger partial charge in [-0.3, -0.25) is 9.78 Å². The van der Waals surface area contributed by atoms with Crippen molar-refractivity contribution in [2.45, 2.75) is 13.5 Å². The van der Waals surface area contributed by atoms with Crippen LogP contribution in [0.4, 0.5) is 10.5 Å². The zero-order chi connectivity index (χ0) is 15.5. The molecule has 1 aliphatic heterocycles. The number of benzene rings is 1. The topological polar surface area (TPSA) is 65.9 Å². The van der Waals surface area contributed by atoms with Crippen LogP contribution in [0.3, 0.4) is 0 Å². The average molecular weight is 294 g/mol. The molecule has 2 heterocycles. The average Bonchev–Trinajstić information content (AvgIpc) is 2.53. The van der Waals surface area contributed by atoms with Gasteiger partial charge in [-0.2, -0.15) is 5.10 Å². The van der Waals surface area contributed by atoms with Gasteiger partial charge in [0.25, 0.3) is 0 Å². The lowest BCUT2D eigenvalue weighted by atomic mass is 10.1. The summed E-state index contributed by atoms with van der Waals surface area (Å²) in [6.45, 7) is 1.69. The summed E-state index contributed by atoms with van der Waals surface area (Å²) >= 11 is 0. The fourth-order valence-corrected chi connectivity index (χ4v) is 2.29. The summed E-state index contributed by atoms with van der Waals surface area (Å²) < 4.78 is 0. The van der Waals surface area contributed by atoms with Gasteiger partial charge in [0.15, 0.2) is 0 Å². The van der Waals surface area contributed by atoms with Gasteiger partial charge in [-0.15, -0.1) is 0 Å². The van der Waals surface area contributed by atoms with Crippen molar-refractivity contribution in [3.05, 3.63) is 59.9 Å². The van der Waals surface area contributed by atoms with E-state index in [2.05, 4.69) is 10.1 Å². The molecule has 3 amide bonds. The molecule has 1 aromatic carbocycles. The van der Waals surface area contributed by atoms with Crippen molar-refractivity contribution in [1.82, 2.24) is 9.99 Å². The third kappa shape index (κ3) is 2.58. The number of anilines is 1. The van der Waals surface area contributed by atoms with Gasteiger partial charge in [-0.05, 0) is 17.7 Å². The number of hydrogen-bond acceptors (Lipinski definition) is 4. The minimum absolute atomic E-state index is 0.329. The number of imide groups is 1. The van der Waals surface area contributed by atoms with Crippen molar-refractivity contribution < 1.29 is 9.59 Å². The molecule has 6 nitrogen and oxygen atoms in total. The van der Waals surface area contributed by atoms with Gasteiger partial charge in [0.2, 0.25) is 5.91 Å². The van der Waals surface area contributed by atoms with Gasteiger partial charge in [-0.1, -0.05) is 24.3 Å². The van der Waals surface area contributed by atoms with Gasteiger partial charge in [0.05, 0.1) is 18.4 Å². The second-order valence-electron chi connectivity index (χ2n) is 4.85. The minimum atomic E-state index is -0.452. The molecule has 0 bridgehead atoms. The van der Waals surface area contributed by atoms with E-state index in [9.17, 15) is 9.59 Å². The van der Waals surface area contributed by atoms with E-state index in [4.69, 9.17) is 0 Å². The zero-order valence-corrected chi connectivity index (χ0v) is 12.0. The predicted octanol–water partition coefficient (Wildman–Crippen LogP) is 2.40. The lowest BCUT2D eigenvalue weighted by molar-refractivity contribution is -0.116. The lowest BCUT2D eigenvalue weighted by Gasteiger charge is -2.32. The molecule has 0 fully saturated rings. The number of pyridine rings is 1. The number of hydrogen-bond donors (Lipinski definition) is 0. The number of hydrazone groups is 1. The number of carbonyl (C=O) groups is 2. The van der Waals surface area contributed by atoms with E-state index in [0.29, 0.717) is 12.2 Å². The molecule has 22 heavy (non-hydrogen) atoms. The van der Waals surface area contributed by atoms with Crippen LogP contribution >= 0.6 is 0 Å². The number of amides is 3. The summed E-state index contributed by atoms with van der Waals surface area (Å²) in [5.74, 6) is -0.335. The third-order valence-corrected chi connectivity index (χ3v) is 3.31. The molecule has 3 rings (SSSR count). The van der Waals surface area contributed by atoms with Crippen LogP contribution in [0, 0.1) is 0 Å². The third-order valence-electron chi connectivity index (χ3n) is 3.31. The maximum absolute atomic E-state index is 12.5. The van der Waals surface area contributed by atoms with Crippen LogP contribution in [-0.4, -0.2) is 28.1 Å². The highest BCUT2D eigenvalue weighted by Gasteiger charge is 2.32. The van der Waals surface area contributed by atoms with Crippen LogP contribution in [0.2, 0.25) is 0 Å². The Balaban J connectivity index is 1.93. The zero-order valence-electron chi connectivity index (χ0n) is 12.0. The number of nitrogens with zero attached hydrogens (tertiary/aromatic N) is 4. The molecule has 0 atom stereocenters. The van der Waals surface area contributed by atoms with E-state index < -0.39 is 6.03 Å². The van der Waals surface area contributed by atoms with E-state index in [0.717, 1.165) is 16.0 Å². The van der Waals surface area contributed by atoms with E-state index in [1.165, 1.54) is 11.9 Å². The van der Waals surface area contributed by atoms with Crippen molar-refractivity contribution >= 4 is 23.8 Å². The lowest BCUT2D eigenvalue weighted by Crippen LogP contribution is -2.47. The molecule has 0 saturated heterocycles. The minimum Gasteiger partial charge on any atom is -0.274 e. The fraction of sp³-hybridized carbons (Fsp3) is 0.125. The largest absolute Gasteiger partial charge is 0.352 e. The van der Waals surface area contributed by atoms with Crippen LogP contribution in [0.15, 0.2) is 53.9 Å². The van der Waals surface area contributed by atoms with Crippen molar-refractivity contribution in [1.29, 1.82) is 0 Å². The molecule has 0 saturated carbocycles. The summed E-state index contributed by atoms with van der Waals surface area (Å²) in [5.41, 5.74) is 2.27. The van der Waals surface area contributed by atoms with Crippen LogP contribution < -0.4 is 4.90 Å². The normalized spacial score (nSPS) is 14.3. The van der Waals surface area contributed by atoms with Crippen molar-refractivity contribution in [3.63, 3.8) is 0 Å². The maximum Gasteiger partial charge on any atom is 0.352 e. The second-order valence-corrected chi connectivity index (χ2v) is 4.85. The maximum atomic E-state index is 12.5. The molecule has 2 aromatic rings. The van der Waals surface area contributed by atoms with Crippen molar-refractivity contribution in [3.8, 4) is 0 Å². The van der Waals surface area contributed by atoms with E-state index >= 15 is 0 Å². The van der Waals surface area contributed by atoms with Crippen LogP contribution in [0.25, 0.3) is 0 Å². The summed E-state index contributed by atoms with van der Waals surface area (Å²) in [4.78, 5) is 29.4. The van der Waals surface area contributed by atoms with E-state index in [-0.39, 0.29) is 5.91 Å². The predicted molar refractivity (Wildman–Crippen MR) is 82.4 cm³/mol. The number of fused-ring (bicyclic) bond motifs is 1. The molecule has 6 heteroatoms. The number of carbonyl (C=O) groups excluding carboxylic acids is 2. The van der Waals surface area contributed by atoms with Gasteiger partial charge in [0.1, 0.15) is 0 Å². The highest BCUT2D eigenvalue weighted by molar-refractivity contribution is 6.14. The van der Waals surface area contributed by atoms with Gasteiger partial charge in [0, 0.05) is 24.9 Å². The molecule has 0 unspecified atom stereocenters. The molecular weight excluding hydrogens is 280 g/mol. The van der Waals surface area contributed by atoms with Gasteiger partial charge < -0.3 is 0 Å². The summed E-state index contributed by atoms with van der Waals surface area (Å²) in [7, 11) is 0. The molecule has 0 spiro atoms. The van der Waals surface area contributed by atoms with Crippen molar-refractivity contribution in [2.24, 2.45) is 5.10 Å². The monoisotopic (exact) mass is 294 g/mol. The first kappa shape index (κ1) is 13.9. The Hall–Kier alpha value is -3.02. The molecular formula is C16H14N4O2. The van der Waals surface area contributed by atoms with E-state index in [1.807, 2.05) is 18.2 Å². The molecule has 0 N–H and O–H groups in total. The highest BCUT2D eigenvalue weighted by Crippen LogP contribution is 2.28. The number of para-hydroxylation sites is 1. The van der Waals surface area contributed by atoms with Gasteiger partial charge >= 0.3 is 6.03 Å². The Bertz CT molecular complexity index is 743. The second kappa shape index (κ2) is 5.77. The molecule has 0 radical (unpaired) electrons. The SMILES string of the molecule is CC(=O)N1C(=O)N(N=Cc2cccnc2)Cc2ccccc21. The number of rotatable bonds is 2. The standard InChI is InChI=1S/C16H14N4O2/c1-12(21)20-15-7-3-2-6-14(15)11-19(16(20)22)18-10-13-5-4-8-17-9-13/h2-10H,11H2,1H3. The Morgan fingerprint density at radius 3 is 2.82 bits per heavy atom. The fourth-order valence-electron chi connectivity index (χ4n) is 2.29. The van der Waals surface area contributed by atoms with Crippen LogP contribution in [0.1, 0.15) is 18.1 Å². The summed E-state index contributed by atoms with van der Waals surface area (Å²) in [6, 6.07) is 10.5. The first-order chi connectivity index (χ1) is 10.7. The Morgan fingerprint density at radius 1 is 1.27 bits per heavy atom.